The first-order valence-corrected chi connectivity index (χ1v) is 15.5. The Balaban J connectivity index is 1.52. The number of phenols is 1. The molecule has 0 aromatic heterocycles. The van der Waals surface area contributed by atoms with E-state index in [-0.39, 0.29) is 41.4 Å². The molecule has 40 heavy (non-hydrogen) atoms. The molecule has 6 unspecified atom stereocenters. The van der Waals surface area contributed by atoms with Gasteiger partial charge in [0.2, 0.25) is 11.8 Å². The third-order valence-corrected chi connectivity index (χ3v) is 11.3. The Morgan fingerprint density at radius 2 is 1.75 bits per heavy atom. The maximum absolute atomic E-state index is 14.0. The molecule has 0 radical (unpaired) electrons. The number of carbonyl (C=O) groups excluding carboxylic acids is 4. The molecule has 6 atom stereocenters. The van der Waals surface area contributed by atoms with Crippen LogP contribution in [0.15, 0.2) is 54.1 Å². The number of fused-ring (bicyclic) bond motifs is 4. The second-order valence-electron chi connectivity index (χ2n) is 10.4. The van der Waals surface area contributed by atoms with Crippen molar-refractivity contribution in [1.82, 2.24) is 4.90 Å². The minimum Gasteiger partial charge on any atom is -0.508 e. The lowest BCUT2D eigenvalue weighted by atomic mass is 9.56. The summed E-state index contributed by atoms with van der Waals surface area (Å²) >= 11 is 19.7. The molecule has 2 aromatic carbocycles. The van der Waals surface area contributed by atoms with Crippen molar-refractivity contribution in [2.45, 2.75) is 28.5 Å². The molecular weight excluding hydrogens is 738 g/mol. The summed E-state index contributed by atoms with van der Waals surface area (Å²) in [5.41, 5.74) is 1.23. The predicted octanol–water partition coefficient (Wildman–Crippen LogP) is 4.92. The monoisotopic (exact) mass is 758 g/mol. The van der Waals surface area contributed by atoms with Gasteiger partial charge in [-0.05, 0) is 71.7 Å². The van der Waals surface area contributed by atoms with Crippen molar-refractivity contribution < 1.29 is 29.0 Å². The summed E-state index contributed by atoms with van der Waals surface area (Å²) in [6.45, 7) is 0. The number of likely N-dealkylation sites (tertiary alicyclic amines) is 1. The molecule has 208 valence electrons. The van der Waals surface area contributed by atoms with Gasteiger partial charge in [-0.15, -0.1) is 23.2 Å². The number of allylic oxidation sites excluding steroid dienone is 2. The largest absolute Gasteiger partial charge is 0.508 e. The Kier molecular flexibility index (Phi) is 6.79. The second-order valence-corrected chi connectivity index (χ2v) is 13.4. The van der Waals surface area contributed by atoms with Crippen LogP contribution in [0.3, 0.4) is 0 Å². The van der Waals surface area contributed by atoms with E-state index in [1.807, 2.05) is 18.2 Å². The van der Waals surface area contributed by atoms with Crippen molar-refractivity contribution in [3.05, 3.63) is 63.2 Å². The number of methoxy groups -OCH3 is 1. The van der Waals surface area contributed by atoms with Gasteiger partial charge in [-0.1, -0.05) is 33.6 Å². The Morgan fingerprint density at radius 3 is 2.38 bits per heavy atom. The first-order chi connectivity index (χ1) is 19.0. The van der Waals surface area contributed by atoms with Crippen LogP contribution in [0, 0.1) is 21.3 Å². The van der Waals surface area contributed by atoms with Crippen LogP contribution in [0.4, 0.5) is 5.69 Å². The molecule has 4 aliphatic rings. The number of anilines is 1. The number of halogens is 4. The van der Waals surface area contributed by atoms with Crippen LogP contribution in [-0.4, -0.2) is 55.9 Å². The van der Waals surface area contributed by atoms with Gasteiger partial charge in [-0.25, -0.2) is 0 Å². The first-order valence-electron chi connectivity index (χ1n) is 12.5. The van der Waals surface area contributed by atoms with Gasteiger partial charge in [-0.2, -0.15) is 0 Å². The molecule has 12 heteroatoms. The average molecular weight is 760 g/mol. The summed E-state index contributed by atoms with van der Waals surface area (Å²) in [7, 11) is 1.46. The lowest BCUT2D eigenvalue weighted by molar-refractivity contribution is -0.138. The molecule has 0 spiro atoms. The number of hydrogen-bond donors (Lipinski definition) is 1. The normalized spacial score (nSPS) is 33.1. The lowest BCUT2D eigenvalue weighted by Gasteiger charge is -2.50. The number of aromatic hydroxyl groups is 1. The Bertz CT molecular complexity index is 1520. The van der Waals surface area contributed by atoms with E-state index in [0.717, 1.165) is 8.47 Å². The Labute approximate surface area is 261 Å². The fourth-order valence-corrected chi connectivity index (χ4v) is 8.61. The molecule has 6 rings (SSSR count). The second kappa shape index (κ2) is 9.71. The SMILES string of the molecule is COc1ccc(C2C3=CCC4C(=O)N(c5ccc(I)cc5)C(=O)C4C3CC3(Cl)C(=O)N(CBr)C(=O)C23Cl)c(O)c1. The summed E-state index contributed by atoms with van der Waals surface area (Å²) in [6, 6.07) is 11.7. The van der Waals surface area contributed by atoms with E-state index in [1.54, 1.807) is 24.3 Å². The van der Waals surface area contributed by atoms with Gasteiger partial charge in [0, 0.05) is 21.1 Å². The van der Waals surface area contributed by atoms with Crippen molar-refractivity contribution in [1.29, 1.82) is 0 Å². The highest BCUT2D eigenvalue weighted by Crippen LogP contribution is 2.66. The number of phenolic OH excluding ortho intramolecular Hbond substituents is 1. The van der Waals surface area contributed by atoms with E-state index >= 15 is 0 Å². The summed E-state index contributed by atoms with van der Waals surface area (Å²) in [4.78, 5) is 53.3. The molecule has 3 fully saturated rings. The number of benzene rings is 2. The smallest absolute Gasteiger partial charge is 0.254 e. The number of hydrogen-bond acceptors (Lipinski definition) is 6. The minimum atomic E-state index is -1.98. The van der Waals surface area contributed by atoms with E-state index in [2.05, 4.69) is 38.5 Å². The van der Waals surface area contributed by atoms with Gasteiger partial charge in [0.05, 0.1) is 30.1 Å². The van der Waals surface area contributed by atoms with E-state index in [1.165, 1.54) is 18.1 Å². The zero-order chi connectivity index (χ0) is 28.7. The molecule has 2 aliphatic carbocycles. The van der Waals surface area contributed by atoms with Crippen LogP contribution in [0.1, 0.15) is 24.3 Å². The summed E-state index contributed by atoms with van der Waals surface area (Å²) in [5.74, 6) is -5.09. The Hall–Kier alpha value is -2.15. The molecule has 1 N–H and O–H groups in total. The van der Waals surface area contributed by atoms with Gasteiger partial charge in [0.15, 0.2) is 9.75 Å². The van der Waals surface area contributed by atoms with E-state index in [0.29, 0.717) is 17.0 Å². The third kappa shape index (κ3) is 3.61. The number of imide groups is 2. The predicted molar refractivity (Wildman–Crippen MR) is 160 cm³/mol. The first kappa shape index (κ1) is 28.0. The Morgan fingerprint density at radius 1 is 1.05 bits per heavy atom. The van der Waals surface area contributed by atoms with Crippen LogP contribution in [0.2, 0.25) is 0 Å². The minimum absolute atomic E-state index is 0.119. The topological polar surface area (TPSA) is 104 Å². The zero-order valence-electron chi connectivity index (χ0n) is 20.9. The highest BCUT2D eigenvalue weighted by Gasteiger charge is 2.76. The van der Waals surface area contributed by atoms with Crippen molar-refractivity contribution in [2.24, 2.45) is 17.8 Å². The number of alkyl halides is 3. The highest BCUT2D eigenvalue weighted by atomic mass is 127. The van der Waals surface area contributed by atoms with Gasteiger partial charge in [-0.3, -0.25) is 29.0 Å². The fourth-order valence-electron chi connectivity index (χ4n) is 6.84. The van der Waals surface area contributed by atoms with E-state index < -0.39 is 45.2 Å². The molecule has 1 saturated carbocycles. The quantitative estimate of drug-likeness (QED) is 0.156. The zero-order valence-corrected chi connectivity index (χ0v) is 26.2. The van der Waals surface area contributed by atoms with Crippen molar-refractivity contribution >= 4 is 91.0 Å². The summed E-state index contributed by atoms with van der Waals surface area (Å²) in [5, 5.41) is 11.1. The molecule has 4 amide bonds. The molecule has 8 nitrogen and oxygen atoms in total. The van der Waals surface area contributed by atoms with Gasteiger partial charge < -0.3 is 9.84 Å². The number of ether oxygens (including phenoxy) is 1. The van der Waals surface area contributed by atoms with Crippen LogP contribution in [0.25, 0.3) is 0 Å². The van der Waals surface area contributed by atoms with E-state index in [4.69, 9.17) is 27.9 Å². The number of carbonyl (C=O) groups is 4. The average Bonchev–Trinajstić information content (AvgIpc) is 3.27. The number of rotatable bonds is 4. The van der Waals surface area contributed by atoms with Gasteiger partial charge in [0.1, 0.15) is 11.5 Å². The fraction of sp³-hybridized carbons (Fsp3) is 0.357. The van der Waals surface area contributed by atoms with Crippen molar-refractivity contribution in [3.63, 3.8) is 0 Å². The maximum Gasteiger partial charge on any atom is 0.254 e. The van der Waals surface area contributed by atoms with Gasteiger partial charge in [0.25, 0.3) is 11.8 Å². The van der Waals surface area contributed by atoms with Crippen LogP contribution < -0.4 is 9.64 Å². The molecule has 2 aliphatic heterocycles. The standard InChI is InChI=1S/C28H22BrCl2IN2O6/c1-40-15-6-7-17(20(35)10-15)22-16-8-9-18-21(24(37)34(23(18)36)14-4-2-13(32)3-5-14)19(16)11-27(30)25(38)33(12-29)26(39)28(22,27)31/h2-8,10,18-19,21-22,35H,9,11-12H2,1H3. The highest BCUT2D eigenvalue weighted by molar-refractivity contribution is 14.1. The number of amides is 4. The molecule has 2 aromatic rings. The maximum atomic E-state index is 14.0. The van der Waals surface area contributed by atoms with Crippen molar-refractivity contribution in [2.75, 3.05) is 17.5 Å². The van der Waals surface area contributed by atoms with Crippen LogP contribution in [0.5, 0.6) is 11.5 Å². The van der Waals surface area contributed by atoms with Crippen molar-refractivity contribution in [3.8, 4) is 11.5 Å². The molecular formula is C28H22BrCl2IN2O6. The molecule has 0 bridgehead atoms. The van der Waals surface area contributed by atoms with Crippen LogP contribution in [-0.2, 0) is 19.2 Å². The van der Waals surface area contributed by atoms with Crippen LogP contribution >= 0.6 is 61.7 Å². The van der Waals surface area contributed by atoms with E-state index in [9.17, 15) is 24.3 Å². The summed E-state index contributed by atoms with van der Waals surface area (Å²) in [6.07, 6.45) is 1.95. The molecule has 2 heterocycles. The summed E-state index contributed by atoms with van der Waals surface area (Å²) < 4.78 is 6.19. The van der Waals surface area contributed by atoms with Gasteiger partial charge >= 0.3 is 0 Å². The molecule has 2 saturated heterocycles. The lowest BCUT2D eigenvalue weighted by Crippen LogP contribution is -2.60. The third-order valence-electron chi connectivity index (χ3n) is 8.65. The number of nitrogens with zero attached hydrogens (tertiary/aromatic N) is 2.